The molecule has 0 amide bonds. The van der Waals surface area contributed by atoms with Crippen molar-refractivity contribution in [1.29, 1.82) is 0 Å². The Morgan fingerprint density at radius 1 is 1.43 bits per heavy atom. The monoisotopic (exact) mass is 120 g/mol. The van der Waals surface area contributed by atoms with E-state index >= 15 is 0 Å². The van der Waals surface area contributed by atoms with Crippen molar-refractivity contribution in [2.24, 2.45) is 0 Å². The lowest BCUT2D eigenvalue weighted by Crippen LogP contribution is -2.15. The summed E-state index contributed by atoms with van der Waals surface area (Å²) in [5.41, 5.74) is -0.514. The zero-order valence-electron chi connectivity index (χ0n) is 3.87. The molecule has 0 aliphatic carbocycles. The third kappa shape index (κ3) is 1.08. The number of hydrogen-bond donors (Lipinski definition) is 2. The summed E-state index contributed by atoms with van der Waals surface area (Å²) in [6, 6.07) is 0. The van der Waals surface area contributed by atoms with E-state index in [1.165, 1.54) is 11.8 Å². The summed E-state index contributed by atoms with van der Waals surface area (Å²) in [7, 11) is 0. The minimum Gasteiger partial charge on any atom is -0.389 e. The SMILES string of the molecule is OC1CCSC1O. The summed E-state index contributed by atoms with van der Waals surface area (Å²) >= 11 is 1.41. The zero-order chi connectivity index (χ0) is 5.28. The standard InChI is InChI=1S/C4H8O2S/c5-3-1-2-7-4(3)6/h3-6H,1-2H2. The van der Waals surface area contributed by atoms with Crippen molar-refractivity contribution in [2.75, 3.05) is 5.75 Å². The first-order valence-electron chi connectivity index (χ1n) is 2.28. The summed E-state index contributed by atoms with van der Waals surface area (Å²) < 4.78 is 0. The second-order valence-electron chi connectivity index (χ2n) is 1.62. The third-order valence-corrected chi connectivity index (χ3v) is 2.16. The molecule has 42 valence electrons. The molecule has 0 radical (unpaired) electrons. The van der Waals surface area contributed by atoms with Crippen molar-refractivity contribution in [2.45, 2.75) is 18.0 Å². The lowest BCUT2D eigenvalue weighted by atomic mass is 10.3. The Kier molecular flexibility index (Phi) is 1.57. The van der Waals surface area contributed by atoms with Gasteiger partial charge < -0.3 is 10.2 Å². The van der Waals surface area contributed by atoms with Crippen molar-refractivity contribution in [1.82, 2.24) is 0 Å². The van der Waals surface area contributed by atoms with Crippen LogP contribution in [0.15, 0.2) is 0 Å². The Morgan fingerprint density at radius 3 is 2.29 bits per heavy atom. The molecule has 0 aromatic heterocycles. The van der Waals surface area contributed by atoms with E-state index < -0.39 is 11.5 Å². The van der Waals surface area contributed by atoms with Gasteiger partial charge in [0.2, 0.25) is 0 Å². The fraction of sp³-hybridized carbons (Fsp3) is 1.00. The minimum absolute atomic E-state index is 0.468. The smallest absolute Gasteiger partial charge is 0.125 e. The molecule has 3 heteroatoms. The van der Waals surface area contributed by atoms with E-state index in [0.29, 0.717) is 0 Å². The van der Waals surface area contributed by atoms with Crippen LogP contribution in [0.1, 0.15) is 6.42 Å². The predicted octanol–water partition coefficient (Wildman–Crippen LogP) is -0.197. The highest BCUT2D eigenvalue weighted by Crippen LogP contribution is 2.23. The summed E-state index contributed by atoms with van der Waals surface area (Å²) in [5.74, 6) is 0.891. The van der Waals surface area contributed by atoms with E-state index in [0.717, 1.165) is 12.2 Å². The molecule has 0 aromatic rings. The summed E-state index contributed by atoms with van der Waals surface area (Å²) in [6.45, 7) is 0. The number of thioether (sulfide) groups is 1. The lowest BCUT2D eigenvalue weighted by molar-refractivity contribution is 0.0803. The molecule has 7 heavy (non-hydrogen) atoms. The molecule has 2 nitrogen and oxygen atoms in total. The molecule has 0 bridgehead atoms. The van der Waals surface area contributed by atoms with Crippen LogP contribution in [-0.4, -0.2) is 27.5 Å². The molecule has 2 N–H and O–H groups in total. The normalized spacial score (nSPS) is 42.0. The van der Waals surface area contributed by atoms with Gasteiger partial charge in [0.1, 0.15) is 5.44 Å². The van der Waals surface area contributed by atoms with Crippen LogP contribution < -0.4 is 0 Å². The van der Waals surface area contributed by atoms with E-state index in [-0.39, 0.29) is 0 Å². The molecule has 2 unspecified atom stereocenters. The Bertz CT molecular complexity index is 58.7. The van der Waals surface area contributed by atoms with Crippen molar-refractivity contribution >= 4 is 11.8 Å². The first-order valence-corrected chi connectivity index (χ1v) is 3.33. The average molecular weight is 120 g/mol. The van der Waals surface area contributed by atoms with Gasteiger partial charge in [0, 0.05) is 0 Å². The van der Waals surface area contributed by atoms with E-state index in [4.69, 9.17) is 10.2 Å². The highest BCUT2D eigenvalue weighted by molar-refractivity contribution is 8.00. The van der Waals surface area contributed by atoms with Gasteiger partial charge in [-0.15, -0.1) is 11.8 Å². The molecule has 0 aromatic carbocycles. The van der Waals surface area contributed by atoms with Crippen molar-refractivity contribution < 1.29 is 10.2 Å². The Labute approximate surface area is 46.5 Å². The molecule has 1 rings (SSSR count). The van der Waals surface area contributed by atoms with E-state index in [9.17, 15) is 0 Å². The molecule has 1 aliphatic rings. The molecule has 1 fully saturated rings. The van der Waals surface area contributed by atoms with Crippen LogP contribution in [0.3, 0.4) is 0 Å². The first-order chi connectivity index (χ1) is 3.30. The van der Waals surface area contributed by atoms with Crippen LogP contribution in [0.5, 0.6) is 0 Å². The highest BCUT2D eigenvalue weighted by Gasteiger charge is 2.22. The van der Waals surface area contributed by atoms with Gasteiger partial charge in [0.25, 0.3) is 0 Å². The summed E-state index contributed by atoms with van der Waals surface area (Å²) in [4.78, 5) is 0. The third-order valence-electron chi connectivity index (χ3n) is 1.03. The number of rotatable bonds is 0. The number of aliphatic hydroxyl groups is 2. The van der Waals surface area contributed by atoms with E-state index in [1.807, 2.05) is 0 Å². The topological polar surface area (TPSA) is 40.5 Å². The van der Waals surface area contributed by atoms with Gasteiger partial charge in [-0.2, -0.15) is 0 Å². The summed E-state index contributed by atoms with van der Waals surface area (Å²) in [5, 5.41) is 17.4. The maximum Gasteiger partial charge on any atom is 0.125 e. The van der Waals surface area contributed by atoms with Gasteiger partial charge in [0.15, 0.2) is 0 Å². The van der Waals surface area contributed by atoms with Crippen molar-refractivity contribution in [3.05, 3.63) is 0 Å². The van der Waals surface area contributed by atoms with Crippen molar-refractivity contribution in [3.8, 4) is 0 Å². The number of hydrogen-bond acceptors (Lipinski definition) is 3. The second-order valence-corrected chi connectivity index (χ2v) is 2.84. The lowest BCUT2D eigenvalue weighted by Gasteiger charge is -2.02. The highest BCUT2D eigenvalue weighted by atomic mass is 32.2. The van der Waals surface area contributed by atoms with Crippen LogP contribution in [0, 0.1) is 0 Å². The fourth-order valence-electron chi connectivity index (χ4n) is 0.563. The molecule has 1 saturated heterocycles. The van der Waals surface area contributed by atoms with Crippen molar-refractivity contribution in [3.63, 3.8) is 0 Å². The minimum atomic E-state index is -0.514. The van der Waals surface area contributed by atoms with Crippen LogP contribution in [-0.2, 0) is 0 Å². The van der Waals surface area contributed by atoms with Gasteiger partial charge in [0.05, 0.1) is 6.10 Å². The average Bonchev–Trinajstić information content (AvgIpc) is 1.91. The van der Waals surface area contributed by atoms with Gasteiger partial charge in [-0.3, -0.25) is 0 Å². The Balaban J connectivity index is 2.33. The fourth-order valence-corrected chi connectivity index (χ4v) is 1.54. The molecule has 0 saturated carbocycles. The molecule has 1 heterocycles. The molecule has 1 aliphatic heterocycles. The quantitative estimate of drug-likeness (QED) is 0.465. The van der Waals surface area contributed by atoms with Gasteiger partial charge in [-0.1, -0.05) is 0 Å². The molecule has 2 atom stereocenters. The largest absolute Gasteiger partial charge is 0.389 e. The van der Waals surface area contributed by atoms with Gasteiger partial charge in [-0.25, -0.2) is 0 Å². The summed E-state index contributed by atoms with van der Waals surface area (Å²) in [6.07, 6.45) is 0.274. The van der Waals surface area contributed by atoms with Crippen LogP contribution in [0.4, 0.5) is 0 Å². The Morgan fingerprint density at radius 2 is 2.14 bits per heavy atom. The van der Waals surface area contributed by atoms with Gasteiger partial charge in [-0.05, 0) is 12.2 Å². The number of aliphatic hydroxyl groups excluding tert-OH is 2. The molecular formula is C4H8O2S. The Hall–Kier alpha value is 0.270. The maximum atomic E-state index is 8.73. The van der Waals surface area contributed by atoms with Crippen LogP contribution in [0.2, 0.25) is 0 Å². The maximum absolute atomic E-state index is 8.73. The predicted molar refractivity (Wildman–Crippen MR) is 29.1 cm³/mol. The zero-order valence-corrected chi connectivity index (χ0v) is 4.69. The van der Waals surface area contributed by atoms with Crippen LogP contribution >= 0.6 is 11.8 Å². The second kappa shape index (κ2) is 2.03. The van der Waals surface area contributed by atoms with Crippen LogP contribution in [0.25, 0.3) is 0 Å². The van der Waals surface area contributed by atoms with Gasteiger partial charge >= 0.3 is 0 Å². The first kappa shape index (κ1) is 5.41. The molecular weight excluding hydrogens is 112 g/mol. The van der Waals surface area contributed by atoms with E-state index in [1.54, 1.807) is 0 Å². The molecule has 0 spiro atoms. The van der Waals surface area contributed by atoms with E-state index in [2.05, 4.69) is 0 Å².